The third-order valence-electron chi connectivity index (χ3n) is 6.24. The summed E-state index contributed by atoms with van der Waals surface area (Å²) < 4.78 is 10.2. The van der Waals surface area contributed by atoms with Crippen LogP contribution in [0.2, 0.25) is 0 Å². The van der Waals surface area contributed by atoms with Gasteiger partial charge in [0.25, 0.3) is 0 Å². The summed E-state index contributed by atoms with van der Waals surface area (Å²) in [6.45, 7) is 9.65. The predicted octanol–water partition coefficient (Wildman–Crippen LogP) is 2.51. The fourth-order valence-electron chi connectivity index (χ4n) is 4.55. The van der Waals surface area contributed by atoms with Gasteiger partial charge in [-0.3, -0.25) is 14.5 Å². The minimum atomic E-state index is -0.996. The molecule has 4 rings (SSSR count). The number of allylic oxidation sites excluding steroid dienone is 1. The average Bonchev–Trinajstić information content (AvgIpc) is 2.79. The molecule has 3 saturated heterocycles. The van der Waals surface area contributed by atoms with Gasteiger partial charge in [0, 0.05) is 5.56 Å². The van der Waals surface area contributed by atoms with Crippen molar-refractivity contribution in [2.45, 2.75) is 51.7 Å². The molecule has 32 heavy (non-hydrogen) atoms. The van der Waals surface area contributed by atoms with Crippen molar-refractivity contribution in [2.24, 2.45) is 11.8 Å². The Labute approximate surface area is 190 Å². The molecule has 172 valence electrons. The molecular weight excluding hydrogens is 406 g/mol. The lowest BCUT2D eigenvalue weighted by Gasteiger charge is -2.46. The number of hydrogen-bond donors (Lipinski definition) is 1. The van der Waals surface area contributed by atoms with E-state index in [0.717, 1.165) is 42.6 Å². The van der Waals surface area contributed by atoms with Crippen LogP contribution in [0, 0.1) is 23.7 Å². The topological polar surface area (TPSA) is 76.1 Å². The van der Waals surface area contributed by atoms with Crippen molar-refractivity contribution in [3.63, 3.8) is 0 Å². The number of rotatable bonds is 8. The van der Waals surface area contributed by atoms with Crippen LogP contribution in [0.15, 0.2) is 30.9 Å². The number of esters is 2. The van der Waals surface area contributed by atoms with Gasteiger partial charge in [0.1, 0.15) is 0 Å². The molecule has 2 unspecified atom stereocenters. The number of hydrogen-bond acceptors (Lipinski definition) is 6. The van der Waals surface area contributed by atoms with Gasteiger partial charge in [0.15, 0.2) is 5.92 Å². The highest BCUT2D eigenvalue weighted by atomic mass is 16.6. The first-order valence-corrected chi connectivity index (χ1v) is 11.5. The van der Waals surface area contributed by atoms with Gasteiger partial charge in [-0.1, -0.05) is 30.0 Å². The van der Waals surface area contributed by atoms with Crippen molar-refractivity contribution in [2.75, 3.05) is 26.3 Å². The fourth-order valence-corrected chi connectivity index (χ4v) is 4.55. The number of aliphatic hydroxyl groups is 1. The first-order valence-electron chi connectivity index (χ1n) is 11.5. The lowest BCUT2D eigenvalue weighted by molar-refractivity contribution is -0.161. The normalized spacial score (nSPS) is 23.9. The van der Waals surface area contributed by atoms with E-state index in [9.17, 15) is 14.7 Å². The predicted molar refractivity (Wildman–Crippen MR) is 122 cm³/mol. The maximum atomic E-state index is 12.3. The fraction of sp³-hybridized carbons (Fsp3) is 0.538. The summed E-state index contributed by atoms with van der Waals surface area (Å²) in [6.07, 6.45) is 4.30. The number of fused-ring (bicyclic) bond motifs is 3. The van der Waals surface area contributed by atoms with Crippen molar-refractivity contribution in [1.82, 2.24) is 4.90 Å². The quantitative estimate of drug-likeness (QED) is 0.290. The van der Waals surface area contributed by atoms with Crippen LogP contribution in [-0.4, -0.2) is 60.4 Å². The summed E-state index contributed by atoms with van der Waals surface area (Å²) in [7, 11) is 0. The molecule has 0 aliphatic carbocycles. The van der Waals surface area contributed by atoms with E-state index in [-0.39, 0.29) is 25.7 Å². The Morgan fingerprint density at radius 3 is 2.44 bits per heavy atom. The van der Waals surface area contributed by atoms with Gasteiger partial charge in [-0.25, -0.2) is 0 Å². The van der Waals surface area contributed by atoms with Crippen LogP contribution in [0.3, 0.4) is 0 Å². The van der Waals surface area contributed by atoms with Crippen molar-refractivity contribution in [3.8, 4) is 11.8 Å². The molecule has 6 heteroatoms. The molecule has 1 aromatic carbocycles. The highest BCUT2D eigenvalue weighted by Gasteiger charge is 2.40. The Kier molecular flexibility index (Phi) is 8.49. The molecule has 0 spiro atoms. The number of carbonyl (C=O) groups is 2. The largest absolute Gasteiger partial charge is 0.465 e. The third kappa shape index (κ3) is 5.59. The summed E-state index contributed by atoms with van der Waals surface area (Å²) in [4.78, 5) is 26.9. The molecule has 1 N–H and O–H groups in total. The van der Waals surface area contributed by atoms with Crippen LogP contribution in [0.25, 0.3) is 0 Å². The van der Waals surface area contributed by atoms with Gasteiger partial charge < -0.3 is 14.6 Å². The first kappa shape index (κ1) is 24.0. The van der Waals surface area contributed by atoms with E-state index in [1.807, 2.05) is 18.2 Å². The van der Waals surface area contributed by atoms with Crippen LogP contribution in [-0.2, 0) is 31.9 Å². The highest BCUT2D eigenvalue weighted by molar-refractivity contribution is 5.95. The smallest absolute Gasteiger partial charge is 0.320 e. The van der Waals surface area contributed by atoms with Crippen LogP contribution < -0.4 is 0 Å². The molecule has 2 bridgehead atoms. The van der Waals surface area contributed by atoms with E-state index in [0.29, 0.717) is 12.3 Å². The Hall–Kier alpha value is -2.62. The van der Waals surface area contributed by atoms with E-state index in [4.69, 9.17) is 9.47 Å². The molecule has 3 aliphatic rings. The van der Waals surface area contributed by atoms with Gasteiger partial charge in [0.2, 0.25) is 0 Å². The number of carbonyl (C=O) groups excluding carboxylic acids is 2. The minimum Gasteiger partial charge on any atom is -0.465 e. The zero-order valence-electron chi connectivity index (χ0n) is 19.0. The van der Waals surface area contributed by atoms with Crippen molar-refractivity contribution < 1.29 is 24.2 Å². The average molecular weight is 440 g/mol. The van der Waals surface area contributed by atoms with Gasteiger partial charge >= 0.3 is 11.9 Å². The monoisotopic (exact) mass is 439 g/mol. The molecule has 3 aliphatic heterocycles. The maximum Gasteiger partial charge on any atom is 0.320 e. The molecule has 2 atom stereocenters. The van der Waals surface area contributed by atoms with Gasteiger partial charge in [0.05, 0.1) is 25.4 Å². The molecule has 0 amide bonds. The number of nitrogens with zero attached hydrogens (tertiary/aromatic N) is 1. The zero-order chi connectivity index (χ0) is 23.1. The number of aliphatic hydroxyl groups excluding tert-OH is 1. The van der Waals surface area contributed by atoms with Gasteiger partial charge in [-0.2, -0.15) is 0 Å². The summed E-state index contributed by atoms with van der Waals surface area (Å²) in [5, 5.41) is 10.6. The molecule has 1 aromatic rings. The van der Waals surface area contributed by atoms with Crippen LogP contribution in [0.1, 0.15) is 43.4 Å². The summed E-state index contributed by atoms with van der Waals surface area (Å²) in [5.41, 5.74) is 2.67. The number of benzene rings is 1. The standard InChI is InChI=1S/C26H33NO5/c1-4-7-21-16-18(17-22(25(29)31-5-2)26(30)32-6-3)8-9-19(21)10-11-23-24(28)20-12-14-27(23)15-13-20/h4,8-9,16,20,22-24,28H,1,5-7,12-15,17H2,2-3H3. The second kappa shape index (κ2) is 11.3. The Balaban J connectivity index is 1.82. The molecule has 0 saturated carbocycles. The summed E-state index contributed by atoms with van der Waals surface area (Å²) in [6, 6.07) is 5.63. The first-order chi connectivity index (χ1) is 15.5. The second-order valence-corrected chi connectivity index (χ2v) is 8.32. The van der Waals surface area contributed by atoms with E-state index >= 15 is 0 Å². The van der Waals surface area contributed by atoms with E-state index in [1.165, 1.54) is 0 Å². The van der Waals surface area contributed by atoms with Gasteiger partial charge in [-0.05, 0) is 75.7 Å². The highest BCUT2D eigenvalue weighted by Crippen LogP contribution is 2.32. The SMILES string of the molecule is C=CCc1cc(CC(C(=O)OCC)C(=O)OCC)ccc1C#CC1C(O)C2CCN1CC2. The molecule has 0 radical (unpaired) electrons. The summed E-state index contributed by atoms with van der Waals surface area (Å²) in [5.74, 6) is 4.76. The second-order valence-electron chi connectivity index (χ2n) is 8.32. The Morgan fingerprint density at radius 2 is 1.88 bits per heavy atom. The minimum absolute atomic E-state index is 0.129. The molecule has 3 fully saturated rings. The van der Waals surface area contributed by atoms with E-state index in [2.05, 4.69) is 23.3 Å². The summed E-state index contributed by atoms with van der Waals surface area (Å²) >= 11 is 0. The van der Waals surface area contributed by atoms with Crippen molar-refractivity contribution in [1.29, 1.82) is 0 Å². The van der Waals surface area contributed by atoms with Crippen molar-refractivity contribution in [3.05, 3.63) is 47.5 Å². The number of ether oxygens (including phenoxy) is 2. The molecule has 6 nitrogen and oxygen atoms in total. The lowest BCUT2D eigenvalue weighted by atomic mass is 9.81. The van der Waals surface area contributed by atoms with Gasteiger partial charge in [-0.15, -0.1) is 6.58 Å². The van der Waals surface area contributed by atoms with E-state index < -0.39 is 24.0 Å². The van der Waals surface area contributed by atoms with Crippen molar-refractivity contribution >= 4 is 11.9 Å². The van der Waals surface area contributed by atoms with Crippen LogP contribution in [0.4, 0.5) is 0 Å². The van der Waals surface area contributed by atoms with Crippen LogP contribution in [0.5, 0.6) is 0 Å². The Morgan fingerprint density at radius 1 is 1.22 bits per heavy atom. The third-order valence-corrected chi connectivity index (χ3v) is 6.24. The maximum absolute atomic E-state index is 12.3. The van der Waals surface area contributed by atoms with E-state index in [1.54, 1.807) is 19.9 Å². The molecule has 0 aromatic heterocycles. The Bertz CT molecular complexity index is 871. The molecular formula is C26H33NO5. The zero-order valence-corrected chi connectivity index (χ0v) is 19.0. The number of piperidine rings is 3. The lowest BCUT2D eigenvalue weighted by Crippen LogP contribution is -2.57. The van der Waals surface area contributed by atoms with Crippen LogP contribution >= 0.6 is 0 Å². The molecule has 3 heterocycles.